The van der Waals surface area contributed by atoms with Crippen LogP contribution in [0.4, 0.5) is 0 Å². The minimum absolute atomic E-state index is 0.0649. The summed E-state index contributed by atoms with van der Waals surface area (Å²) in [7, 11) is 2.86. The van der Waals surface area contributed by atoms with Crippen molar-refractivity contribution < 1.29 is 14.4 Å². The lowest BCUT2D eigenvalue weighted by Crippen LogP contribution is -2.29. The Balaban J connectivity index is 2.41. The Morgan fingerprint density at radius 3 is 2.82 bits per heavy atom. The number of rotatable bonds is 5. The number of nitrogens with one attached hydrogen (secondary N) is 1. The number of halogens is 1. The Bertz CT molecular complexity index is 704. The molecule has 7 heteroatoms. The monoisotopic (exact) mass is 319 g/mol. The van der Waals surface area contributed by atoms with Gasteiger partial charge in [-0.1, -0.05) is 22.8 Å². The third-order valence-corrected chi connectivity index (χ3v) is 2.90. The van der Waals surface area contributed by atoms with Gasteiger partial charge in [-0.3, -0.25) is 4.79 Å². The fraction of sp³-hybridized carbons (Fsp3) is 0.133. The van der Waals surface area contributed by atoms with Crippen LogP contribution in [-0.4, -0.2) is 30.8 Å². The van der Waals surface area contributed by atoms with Crippen molar-refractivity contribution in [2.24, 2.45) is 5.16 Å². The lowest BCUT2D eigenvalue weighted by molar-refractivity contribution is -0.114. The summed E-state index contributed by atoms with van der Waals surface area (Å²) < 4.78 is 5.70. The van der Waals surface area contributed by atoms with E-state index in [2.05, 4.69) is 15.5 Å². The summed E-state index contributed by atoms with van der Waals surface area (Å²) in [6, 6.07) is 10.2. The Labute approximate surface area is 132 Å². The van der Waals surface area contributed by atoms with Crippen molar-refractivity contribution in [3.05, 3.63) is 53.2 Å². The number of benzene rings is 1. The van der Waals surface area contributed by atoms with E-state index < -0.39 is 5.91 Å². The quantitative estimate of drug-likeness (QED) is 0.679. The van der Waals surface area contributed by atoms with E-state index in [0.717, 1.165) is 0 Å². The number of pyridine rings is 1. The highest BCUT2D eigenvalue weighted by molar-refractivity contribution is 6.45. The first-order valence-electron chi connectivity index (χ1n) is 6.37. The average Bonchev–Trinajstić information content (AvgIpc) is 2.53. The van der Waals surface area contributed by atoms with Crippen molar-refractivity contribution in [1.29, 1.82) is 0 Å². The number of likely N-dealkylation sites (N-methyl/N-ethyl adjacent to an activating group) is 1. The van der Waals surface area contributed by atoms with Gasteiger partial charge in [0.25, 0.3) is 5.91 Å². The Kier molecular flexibility index (Phi) is 5.32. The molecule has 0 bridgehead atoms. The summed E-state index contributed by atoms with van der Waals surface area (Å²) in [6.07, 6.45) is 1.55. The highest BCUT2D eigenvalue weighted by atomic mass is 35.5. The largest absolute Gasteiger partial charge is 0.438 e. The molecule has 0 aliphatic carbocycles. The normalized spacial score (nSPS) is 11.0. The molecule has 1 amide bonds. The lowest BCUT2D eigenvalue weighted by atomic mass is 10.1. The van der Waals surface area contributed by atoms with Crippen molar-refractivity contribution in [3.63, 3.8) is 0 Å². The summed E-state index contributed by atoms with van der Waals surface area (Å²) >= 11 is 5.93. The van der Waals surface area contributed by atoms with Crippen molar-refractivity contribution in [3.8, 4) is 11.6 Å². The fourth-order valence-corrected chi connectivity index (χ4v) is 1.90. The molecule has 2 aromatic rings. The van der Waals surface area contributed by atoms with Crippen LogP contribution < -0.4 is 10.1 Å². The zero-order chi connectivity index (χ0) is 15.9. The summed E-state index contributed by atoms with van der Waals surface area (Å²) in [6.45, 7) is 0. The highest BCUT2D eigenvalue weighted by Crippen LogP contribution is 2.25. The number of carbonyl (C=O) groups is 1. The molecule has 1 aromatic heterocycles. The van der Waals surface area contributed by atoms with Crippen molar-refractivity contribution >= 4 is 23.2 Å². The van der Waals surface area contributed by atoms with Gasteiger partial charge in [0.1, 0.15) is 12.9 Å². The maximum Gasteiger partial charge on any atom is 0.273 e. The topological polar surface area (TPSA) is 72.8 Å². The third-order valence-electron chi connectivity index (χ3n) is 2.66. The van der Waals surface area contributed by atoms with E-state index in [4.69, 9.17) is 21.2 Å². The van der Waals surface area contributed by atoms with Crippen LogP contribution in [-0.2, 0) is 9.63 Å². The van der Waals surface area contributed by atoms with Gasteiger partial charge in [-0.25, -0.2) is 4.98 Å². The number of oxime groups is 1. The Morgan fingerprint density at radius 1 is 1.32 bits per heavy atom. The molecule has 0 aliphatic rings. The third kappa shape index (κ3) is 3.73. The summed E-state index contributed by atoms with van der Waals surface area (Å²) in [5.74, 6) is 0.316. The molecule has 1 N–H and O–H groups in total. The molecule has 0 unspecified atom stereocenters. The smallest absolute Gasteiger partial charge is 0.273 e. The first kappa shape index (κ1) is 15.8. The van der Waals surface area contributed by atoms with Crippen molar-refractivity contribution in [2.75, 3.05) is 14.2 Å². The van der Waals surface area contributed by atoms with E-state index in [1.54, 1.807) is 42.6 Å². The van der Waals surface area contributed by atoms with Crippen LogP contribution in [0.15, 0.2) is 47.8 Å². The van der Waals surface area contributed by atoms with E-state index in [1.807, 2.05) is 0 Å². The molecule has 0 saturated carbocycles. The molecule has 6 nitrogen and oxygen atoms in total. The first-order valence-corrected chi connectivity index (χ1v) is 6.75. The number of aromatic nitrogens is 1. The number of amides is 1. The highest BCUT2D eigenvalue weighted by Gasteiger charge is 2.19. The second kappa shape index (κ2) is 7.42. The summed E-state index contributed by atoms with van der Waals surface area (Å²) in [5.41, 5.74) is 0.471. The van der Waals surface area contributed by atoms with Gasteiger partial charge < -0.3 is 14.9 Å². The number of hydrogen-bond acceptors (Lipinski definition) is 5. The minimum Gasteiger partial charge on any atom is -0.438 e. The van der Waals surface area contributed by atoms with Crippen LogP contribution in [0.2, 0.25) is 5.02 Å². The fourth-order valence-electron chi connectivity index (χ4n) is 1.72. The van der Waals surface area contributed by atoms with Gasteiger partial charge in [-0.05, 0) is 30.3 Å². The minimum atomic E-state index is -0.411. The van der Waals surface area contributed by atoms with Crippen LogP contribution in [0.25, 0.3) is 0 Å². The molecule has 1 heterocycles. The van der Waals surface area contributed by atoms with Crippen LogP contribution in [0.3, 0.4) is 0 Å². The molecule has 0 aliphatic heterocycles. The van der Waals surface area contributed by atoms with Gasteiger partial charge in [-0.15, -0.1) is 0 Å². The van der Waals surface area contributed by atoms with E-state index >= 15 is 0 Å². The summed E-state index contributed by atoms with van der Waals surface area (Å²) in [5, 5.41) is 6.77. The Morgan fingerprint density at radius 2 is 2.14 bits per heavy atom. The molecule has 0 saturated heterocycles. The molecule has 0 fully saturated rings. The summed E-state index contributed by atoms with van der Waals surface area (Å²) in [4.78, 5) is 20.8. The predicted molar refractivity (Wildman–Crippen MR) is 83.4 cm³/mol. The average molecular weight is 320 g/mol. The second-order valence-corrected chi connectivity index (χ2v) is 4.55. The zero-order valence-electron chi connectivity index (χ0n) is 12.0. The van der Waals surface area contributed by atoms with E-state index in [1.165, 1.54) is 14.2 Å². The first-order chi connectivity index (χ1) is 10.7. The van der Waals surface area contributed by atoms with Crippen LogP contribution in [0.1, 0.15) is 5.56 Å². The zero-order valence-corrected chi connectivity index (χ0v) is 12.8. The van der Waals surface area contributed by atoms with Crippen molar-refractivity contribution in [1.82, 2.24) is 10.3 Å². The standard InChI is InChI=1S/C15H14ClN3O3/c1-17-14(20)13(19-21-2)12-7-4-8-18-15(12)22-11-6-3-5-10(16)9-11/h3-9H,1-2H3,(H,17,20). The van der Waals surface area contributed by atoms with Crippen LogP contribution in [0.5, 0.6) is 11.6 Å². The molecular weight excluding hydrogens is 306 g/mol. The maximum atomic E-state index is 11.9. The predicted octanol–water partition coefficient (Wildman–Crippen LogP) is 2.62. The SMILES string of the molecule is CNC(=O)C(=NOC)c1cccnc1Oc1cccc(Cl)c1. The molecule has 22 heavy (non-hydrogen) atoms. The maximum absolute atomic E-state index is 11.9. The Hall–Kier alpha value is -2.60. The second-order valence-electron chi connectivity index (χ2n) is 4.12. The molecule has 0 spiro atoms. The number of nitrogens with zero attached hydrogens (tertiary/aromatic N) is 2. The lowest BCUT2D eigenvalue weighted by Gasteiger charge is -2.10. The molecule has 1 aromatic carbocycles. The van der Waals surface area contributed by atoms with Crippen molar-refractivity contribution in [2.45, 2.75) is 0 Å². The van der Waals surface area contributed by atoms with E-state index in [-0.39, 0.29) is 11.6 Å². The molecule has 114 valence electrons. The number of ether oxygens (including phenoxy) is 1. The van der Waals surface area contributed by atoms with Gasteiger partial charge in [0, 0.05) is 18.3 Å². The van der Waals surface area contributed by atoms with Gasteiger partial charge in [0.05, 0.1) is 5.56 Å². The molecule has 0 radical (unpaired) electrons. The van der Waals surface area contributed by atoms with Gasteiger partial charge >= 0.3 is 0 Å². The molecule has 2 rings (SSSR count). The van der Waals surface area contributed by atoms with Crippen LogP contribution >= 0.6 is 11.6 Å². The van der Waals surface area contributed by atoms with E-state index in [0.29, 0.717) is 16.3 Å². The number of carbonyl (C=O) groups excluding carboxylic acids is 1. The van der Waals surface area contributed by atoms with E-state index in [9.17, 15) is 4.79 Å². The van der Waals surface area contributed by atoms with Crippen LogP contribution in [0, 0.1) is 0 Å². The van der Waals surface area contributed by atoms with Gasteiger partial charge in [-0.2, -0.15) is 0 Å². The van der Waals surface area contributed by atoms with Gasteiger partial charge in [0.15, 0.2) is 5.71 Å². The molecule has 0 atom stereocenters. The number of hydrogen-bond donors (Lipinski definition) is 1. The molecular formula is C15H14ClN3O3. The van der Waals surface area contributed by atoms with Gasteiger partial charge in [0.2, 0.25) is 5.88 Å².